The van der Waals surface area contributed by atoms with E-state index in [0.29, 0.717) is 18.8 Å². The maximum atomic E-state index is 13.5. The number of hydrogen-bond donors (Lipinski definition) is 1. The number of carbonyl (C=O) groups excluding carboxylic acids is 1. The van der Waals surface area contributed by atoms with Crippen LogP contribution in [0.5, 0.6) is 5.75 Å². The Morgan fingerprint density at radius 2 is 1.62 bits per heavy atom. The van der Waals surface area contributed by atoms with Crippen LogP contribution in [0.4, 0.5) is 0 Å². The van der Waals surface area contributed by atoms with Crippen molar-refractivity contribution in [3.63, 3.8) is 0 Å². The quantitative estimate of drug-likeness (QED) is 0.420. The maximum Gasteiger partial charge on any atom is 0.273 e. The Labute approximate surface area is 187 Å². The number of amides is 1. The Balaban J connectivity index is 1.58. The number of carbonyl (C=O) groups is 1. The fourth-order valence-electron chi connectivity index (χ4n) is 4.27. The molecule has 1 aromatic heterocycles. The lowest BCUT2D eigenvalue weighted by Gasteiger charge is -2.26. The van der Waals surface area contributed by atoms with Crippen LogP contribution >= 0.6 is 0 Å². The summed E-state index contributed by atoms with van der Waals surface area (Å²) < 4.78 is 5.76. The topological polar surface area (TPSA) is 58.2 Å². The molecule has 1 aliphatic rings. The molecule has 1 atom stereocenters. The summed E-state index contributed by atoms with van der Waals surface area (Å²) in [5, 5.41) is 7.56. The van der Waals surface area contributed by atoms with Gasteiger partial charge in [0.25, 0.3) is 5.91 Å². The molecule has 0 aliphatic carbocycles. The minimum absolute atomic E-state index is 0.0326. The molecule has 0 saturated heterocycles. The summed E-state index contributed by atoms with van der Waals surface area (Å²) in [4.78, 5) is 15.4. The van der Waals surface area contributed by atoms with Gasteiger partial charge in [0.2, 0.25) is 0 Å². The highest BCUT2D eigenvalue weighted by molar-refractivity contribution is 6.00. The average molecular weight is 424 g/mol. The minimum Gasteiger partial charge on any atom is -0.494 e. The van der Waals surface area contributed by atoms with Gasteiger partial charge in [-0.2, -0.15) is 5.10 Å². The number of ether oxygens (including phenoxy) is 1. The van der Waals surface area contributed by atoms with Crippen LogP contribution in [0.3, 0.4) is 0 Å². The molecule has 2 heterocycles. The van der Waals surface area contributed by atoms with E-state index in [-0.39, 0.29) is 11.9 Å². The first-order valence-electron chi connectivity index (χ1n) is 11.0. The molecule has 0 bridgehead atoms. The highest BCUT2D eigenvalue weighted by Crippen LogP contribution is 2.43. The van der Waals surface area contributed by atoms with E-state index in [4.69, 9.17) is 4.74 Å². The molecule has 0 saturated carbocycles. The van der Waals surface area contributed by atoms with Crippen molar-refractivity contribution in [2.45, 2.75) is 25.9 Å². The van der Waals surface area contributed by atoms with Gasteiger partial charge in [-0.15, -0.1) is 0 Å². The van der Waals surface area contributed by atoms with E-state index < -0.39 is 0 Å². The first kappa shape index (κ1) is 20.1. The molecule has 1 unspecified atom stereocenters. The highest BCUT2D eigenvalue weighted by atomic mass is 16.5. The smallest absolute Gasteiger partial charge is 0.273 e. The standard InChI is InChI=1S/C27H25N3O2/c1-2-17-32-22-15-13-21(14-16-22)26-23-24(20-11-7-4-8-12-20)28-29-25(23)27(31)30(26)18-19-9-5-3-6-10-19/h3-16,26H,2,17-18H2,1H3,(H,28,29). The van der Waals surface area contributed by atoms with Crippen LogP contribution in [-0.4, -0.2) is 27.6 Å². The molecule has 32 heavy (non-hydrogen) atoms. The Bertz CT molecular complexity index is 1200. The number of rotatable bonds is 7. The second-order valence-electron chi connectivity index (χ2n) is 7.97. The van der Waals surface area contributed by atoms with Crippen molar-refractivity contribution in [3.05, 3.63) is 107 Å². The predicted molar refractivity (Wildman–Crippen MR) is 124 cm³/mol. The largest absolute Gasteiger partial charge is 0.494 e. The second kappa shape index (κ2) is 8.71. The van der Waals surface area contributed by atoms with E-state index in [1.165, 1.54) is 0 Å². The van der Waals surface area contributed by atoms with E-state index in [1.54, 1.807) is 0 Å². The Kier molecular flexibility index (Phi) is 5.46. The second-order valence-corrected chi connectivity index (χ2v) is 7.97. The van der Waals surface area contributed by atoms with Gasteiger partial charge in [0.15, 0.2) is 0 Å². The van der Waals surface area contributed by atoms with Crippen molar-refractivity contribution in [2.24, 2.45) is 0 Å². The molecular formula is C27H25N3O2. The molecule has 5 rings (SSSR count). The van der Waals surface area contributed by atoms with Gasteiger partial charge in [0.05, 0.1) is 18.3 Å². The summed E-state index contributed by atoms with van der Waals surface area (Å²) in [5.41, 5.74) is 5.44. The summed E-state index contributed by atoms with van der Waals surface area (Å²) in [6.45, 7) is 3.30. The van der Waals surface area contributed by atoms with Crippen LogP contribution in [0.2, 0.25) is 0 Å². The molecular weight excluding hydrogens is 398 g/mol. The predicted octanol–water partition coefficient (Wildman–Crippen LogP) is 5.61. The molecule has 5 heteroatoms. The molecule has 0 fully saturated rings. The van der Waals surface area contributed by atoms with Crippen molar-refractivity contribution >= 4 is 5.91 Å². The Morgan fingerprint density at radius 1 is 0.938 bits per heavy atom. The van der Waals surface area contributed by atoms with Gasteiger partial charge in [-0.05, 0) is 29.7 Å². The van der Waals surface area contributed by atoms with Crippen molar-refractivity contribution in [1.82, 2.24) is 15.1 Å². The van der Waals surface area contributed by atoms with Crippen LogP contribution in [0.1, 0.15) is 46.6 Å². The van der Waals surface area contributed by atoms with E-state index >= 15 is 0 Å². The first-order valence-corrected chi connectivity index (χ1v) is 11.0. The third kappa shape index (κ3) is 3.66. The van der Waals surface area contributed by atoms with Crippen LogP contribution in [-0.2, 0) is 6.54 Å². The SMILES string of the molecule is CCCOc1ccc(C2c3c(-c4ccccc4)n[nH]c3C(=O)N2Cc2ccccc2)cc1. The number of nitrogens with one attached hydrogen (secondary N) is 1. The Morgan fingerprint density at radius 3 is 2.31 bits per heavy atom. The molecule has 0 spiro atoms. The van der Waals surface area contributed by atoms with Gasteiger partial charge < -0.3 is 9.64 Å². The average Bonchev–Trinajstić information content (AvgIpc) is 3.39. The fourth-order valence-corrected chi connectivity index (χ4v) is 4.27. The number of aromatic nitrogens is 2. The summed E-state index contributed by atoms with van der Waals surface area (Å²) in [6, 6.07) is 27.9. The Hall–Kier alpha value is -3.86. The number of nitrogens with zero attached hydrogens (tertiary/aromatic N) is 2. The summed E-state index contributed by atoms with van der Waals surface area (Å²) >= 11 is 0. The summed E-state index contributed by atoms with van der Waals surface area (Å²) in [7, 11) is 0. The van der Waals surface area contributed by atoms with E-state index in [0.717, 1.165) is 40.1 Å². The van der Waals surface area contributed by atoms with Gasteiger partial charge in [-0.1, -0.05) is 79.7 Å². The van der Waals surface area contributed by atoms with Crippen molar-refractivity contribution in [1.29, 1.82) is 0 Å². The molecule has 5 nitrogen and oxygen atoms in total. The van der Waals surface area contributed by atoms with Gasteiger partial charge >= 0.3 is 0 Å². The number of benzene rings is 3. The van der Waals surface area contributed by atoms with Crippen LogP contribution in [0, 0.1) is 0 Å². The summed E-state index contributed by atoms with van der Waals surface area (Å²) in [5.74, 6) is 0.806. The van der Waals surface area contributed by atoms with Crippen LogP contribution in [0.15, 0.2) is 84.9 Å². The van der Waals surface area contributed by atoms with E-state index in [2.05, 4.69) is 41.4 Å². The number of fused-ring (bicyclic) bond motifs is 1. The zero-order chi connectivity index (χ0) is 21.9. The molecule has 1 amide bonds. The molecule has 1 N–H and O–H groups in total. The maximum absolute atomic E-state index is 13.5. The fraction of sp³-hybridized carbons (Fsp3) is 0.185. The highest BCUT2D eigenvalue weighted by Gasteiger charge is 2.42. The lowest BCUT2D eigenvalue weighted by molar-refractivity contribution is 0.0730. The molecule has 1 aliphatic heterocycles. The molecule has 160 valence electrons. The normalized spacial score (nSPS) is 15.1. The van der Waals surface area contributed by atoms with Gasteiger partial charge in [-0.3, -0.25) is 9.89 Å². The zero-order valence-electron chi connectivity index (χ0n) is 18.0. The minimum atomic E-state index is -0.230. The van der Waals surface area contributed by atoms with E-state index in [1.807, 2.05) is 65.6 Å². The van der Waals surface area contributed by atoms with Gasteiger partial charge in [0, 0.05) is 17.7 Å². The summed E-state index contributed by atoms with van der Waals surface area (Å²) in [6.07, 6.45) is 0.961. The monoisotopic (exact) mass is 423 g/mol. The van der Waals surface area contributed by atoms with Gasteiger partial charge in [0.1, 0.15) is 11.4 Å². The van der Waals surface area contributed by atoms with Crippen molar-refractivity contribution in [3.8, 4) is 17.0 Å². The third-order valence-electron chi connectivity index (χ3n) is 5.78. The number of H-pyrrole nitrogens is 1. The van der Waals surface area contributed by atoms with Crippen molar-refractivity contribution in [2.75, 3.05) is 6.61 Å². The lowest BCUT2D eigenvalue weighted by atomic mass is 9.96. The van der Waals surface area contributed by atoms with E-state index in [9.17, 15) is 4.79 Å². The first-order chi connectivity index (χ1) is 15.8. The lowest BCUT2D eigenvalue weighted by Crippen LogP contribution is -2.29. The van der Waals surface area contributed by atoms with Crippen LogP contribution in [0.25, 0.3) is 11.3 Å². The van der Waals surface area contributed by atoms with Crippen molar-refractivity contribution < 1.29 is 9.53 Å². The van der Waals surface area contributed by atoms with Gasteiger partial charge in [-0.25, -0.2) is 0 Å². The zero-order valence-corrected chi connectivity index (χ0v) is 18.0. The number of aromatic amines is 1. The third-order valence-corrected chi connectivity index (χ3v) is 5.78. The molecule has 0 radical (unpaired) electrons. The molecule has 3 aromatic carbocycles. The number of hydrogen-bond acceptors (Lipinski definition) is 3. The molecule has 4 aromatic rings. The van der Waals surface area contributed by atoms with Crippen LogP contribution < -0.4 is 4.74 Å².